The van der Waals surface area contributed by atoms with E-state index in [2.05, 4.69) is 27.8 Å². The molecule has 3 N–H and O–H groups in total. The predicted octanol–water partition coefficient (Wildman–Crippen LogP) is 4.77. The first-order chi connectivity index (χ1) is 19.4. The standard InChI is InChI=1S/C30H38F2N6O2/c1-22(39)27(36-30-26(20-33-21-38(30)40)23-8-3-2-4-9-23)14-18-37(19-15-28(31)32)17-6-5-11-25-13-12-24-10-7-16-34-29(24)35-25/h2-4,8-9,12-13,20-21,27-28,40H,5-7,10-11,14-19H2,1H3,(H,34,35)/p+1/t27-/m0/s1. The van der Waals surface area contributed by atoms with E-state index in [0.717, 1.165) is 60.5 Å². The third-order valence-corrected chi connectivity index (χ3v) is 7.26. The quantitative estimate of drug-likeness (QED) is 0.142. The molecule has 1 aliphatic rings. The fraction of sp³-hybridized carbons (Fsp3) is 0.467. The van der Waals surface area contributed by atoms with Crippen molar-refractivity contribution in [3.05, 3.63) is 66.2 Å². The van der Waals surface area contributed by atoms with Crippen LogP contribution < -0.4 is 15.4 Å². The highest BCUT2D eigenvalue weighted by atomic mass is 19.3. The number of benzene rings is 1. The number of hydrogen-bond acceptors (Lipinski definition) is 7. The van der Waals surface area contributed by atoms with Crippen LogP contribution in [0, 0.1) is 0 Å². The van der Waals surface area contributed by atoms with Crippen LogP contribution in [0.4, 0.5) is 20.4 Å². The number of pyridine rings is 1. The van der Waals surface area contributed by atoms with Crippen LogP contribution in [0.2, 0.25) is 0 Å². The fourth-order valence-corrected chi connectivity index (χ4v) is 5.01. The number of carbonyl (C=O) groups is 1. The van der Waals surface area contributed by atoms with Gasteiger partial charge in [0.2, 0.25) is 6.43 Å². The minimum atomic E-state index is -2.38. The van der Waals surface area contributed by atoms with Gasteiger partial charge in [-0.15, -0.1) is 4.98 Å². The number of aromatic nitrogens is 3. The van der Waals surface area contributed by atoms with Gasteiger partial charge in [0.25, 0.3) is 12.1 Å². The maximum Gasteiger partial charge on any atom is 0.271 e. The summed E-state index contributed by atoms with van der Waals surface area (Å²) in [5.41, 5.74) is 3.79. The highest BCUT2D eigenvalue weighted by molar-refractivity contribution is 5.85. The summed E-state index contributed by atoms with van der Waals surface area (Å²) in [5.74, 6) is 1.24. The number of nitrogens with one attached hydrogen (secondary N) is 2. The zero-order chi connectivity index (χ0) is 28.3. The second kappa shape index (κ2) is 14.6. The summed E-state index contributed by atoms with van der Waals surface area (Å²) in [6, 6.07) is 13.1. The maximum atomic E-state index is 13.1. The molecule has 10 heteroatoms. The lowest BCUT2D eigenvalue weighted by Gasteiger charge is -2.24. The predicted molar refractivity (Wildman–Crippen MR) is 151 cm³/mol. The molecule has 3 heterocycles. The van der Waals surface area contributed by atoms with Crippen molar-refractivity contribution < 1.29 is 23.5 Å². The Balaban J connectivity index is 1.35. The van der Waals surface area contributed by atoms with E-state index >= 15 is 0 Å². The number of nitrogens with zero attached hydrogens (tertiary/aromatic N) is 4. The van der Waals surface area contributed by atoms with E-state index in [9.17, 15) is 18.8 Å². The van der Waals surface area contributed by atoms with Gasteiger partial charge in [-0.25, -0.2) is 13.8 Å². The first kappa shape index (κ1) is 29.3. The molecule has 0 amide bonds. The monoisotopic (exact) mass is 553 g/mol. The Morgan fingerprint density at radius 1 is 1.12 bits per heavy atom. The van der Waals surface area contributed by atoms with Crippen LogP contribution in [0.1, 0.15) is 50.3 Å². The van der Waals surface area contributed by atoms with Crippen LogP contribution in [0.15, 0.2) is 55.0 Å². The Labute approximate surface area is 234 Å². The molecular formula is C30H39F2N6O2+. The molecule has 214 valence electrons. The molecule has 0 saturated carbocycles. The Morgan fingerprint density at radius 2 is 1.93 bits per heavy atom. The van der Waals surface area contributed by atoms with E-state index in [1.165, 1.54) is 18.8 Å². The van der Waals surface area contributed by atoms with Crippen molar-refractivity contribution in [2.75, 3.05) is 36.8 Å². The molecule has 0 spiro atoms. The van der Waals surface area contributed by atoms with E-state index < -0.39 is 12.5 Å². The van der Waals surface area contributed by atoms with E-state index in [1.54, 1.807) is 6.20 Å². The van der Waals surface area contributed by atoms with Crippen LogP contribution in [-0.2, 0) is 17.6 Å². The third-order valence-electron chi connectivity index (χ3n) is 7.26. The van der Waals surface area contributed by atoms with Gasteiger partial charge in [0.15, 0.2) is 5.78 Å². The lowest BCUT2D eigenvalue weighted by atomic mass is 10.1. The number of unbranched alkanes of at least 4 members (excludes halogenated alkanes) is 1. The van der Waals surface area contributed by atoms with Crippen molar-refractivity contribution in [1.82, 2.24) is 14.9 Å². The van der Waals surface area contributed by atoms with Crippen LogP contribution in [0.5, 0.6) is 0 Å². The lowest BCUT2D eigenvalue weighted by molar-refractivity contribution is -0.895. The highest BCUT2D eigenvalue weighted by Gasteiger charge is 2.25. The molecular weight excluding hydrogens is 514 g/mol. The summed E-state index contributed by atoms with van der Waals surface area (Å²) in [6.45, 7) is 3.83. The molecule has 8 nitrogen and oxygen atoms in total. The Kier molecular flexibility index (Phi) is 10.7. The number of anilines is 2. The fourth-order valence-electron chi connectivity index (χ4n) is 5.01. The molecule has 0 unspecified atom stereocenters. The van der Waals surface area contributed by atoms with E-state index in [0.29, 0.717) is 30.9 Å². The normalized spacial score (nSPS) is 13.6. The third kappa shape index (κ3) is 8.42. The second-order valence-electron chi connectivity index (χ2n) is 10.3. The average Bonchev–Trinajstić information content (AvgIpc) is 2.96. The molecule has 1 aliphatic heterocycles. The average molecular weight is 554 g/mol. The van der Waals surface area contributed by atoms with Gasteiger partial charge >= 0.3 is 0 Å². The zero-order valence-electron chi connectivity index (χ0n) is 23.0. The minimum absolute atomic E-state index is 0.100. The summed E-state index contributed by atoms with van der Waals surface area (Å²) >= 11 is 0. The van der Waals surface area contributed by atoms with Gasteiger partial charge in [-0.1, -0.05) is 41.1 Å². The lowest BCUT2D eigenvalue weighted by Crippen LogP contribution is -2.41. The number of alkyl halides is 2. The number of hydrogen-bond donors (Lipinski definition) is 3. The molecule has 0 radical (unpaired) electrons. The first-order valence-corrected chi connectivity index (χ1v) is 14.0. The van der Waals surface area contributed by atoms with Crippen molar-refractivity contribution in [3.63, 3.8) is 0 Å². The summed E-state index contributed by atoms with van der Waals surface area (Å²) < 4.78 is 27.0. The van der Waals surface area contributed by atoms with Gasteiger partial charge in [-0.05, 0) is 62.8 Å². The molecule has 0 saturated heterocycles. The van der Waals surface area contributed by atoms with E-state index in [4.69, 9.17) is 4.98 Å². The van der Waals surface area contributed by atoms with Crippen molar-refractivity contribution in [1.29, 1.82) is 0 Å². The number of rotatable bonds is 15. The summed E-state index contributed by atoms with van der Waals surface area (Å²) in [5, 5.41) is 17.0. The second-order valence-corrected chi connectivity index (χ2v) is 10.3. The Bertz CT molecular complexity index is 1240. The number of halogens is 2. The molecule has 0 fully saturated rings. The van der Waals surface area contributed by atoms with Gasteiger partial charge in [0.05, 0.1) is 5.56 Å². The van der Waals surface area contributed by atoms with Crippen LogP contribution in [0.25, 0.3) is 11.1 Å². The molecule has 0 aliphatic carbocycles. The molecule has 0 bridgehead atoms. The smallest absolute Gasteiger partial charge is 0.271 e. The summed E-state index contributed by atoms with van der Waals surface area (Å²) in [7, 11) is 0. The number of Topliss-reactive ketones (excluding diaryl/α,β-unsaturated/α-hetero) is 1. The number of ketones is 1. The van der Waals surface area contributed by atoms with Crippen molar-refractivity contribution in [2.24, 2.45) is 0 Å². The van der Waals surface area contributed by atoms with Gasteiger partial charge in [0.1, 0.15) is 18.1 Å². The van der Waals surface area contributed by atoms with Crippen molar-refractivity contribution >= 4 is 17.4 Å². The molecule has 40 heavy (non-hydrogen) atoms. The van der Waals surface area contributed by atoms with Crippen LogP contribution >= 0.6 is 0 Å². The van der Waals surface area contributed by atoms with Crippen molar-refractivity contribution in [2.45, 2.75) is 64.3 Å². The number of aryl methyl sites for hydroxylation is 2. The number of fused-ring (bicyclic) bond motifs is 1. The molecule has 3 aromatic rings. The van der Waals surface area contributed by atoms with Gasteiger partial charge < -0.3 is 15.4 Å². The largest absolute Gasteiger partial charge is 0.371 e. The van der Waals surface area contributed by atoms with E-state index in [-0.39, 0.29) is 18.7 Å². The minimum Gasteiger partial charge on any atom is -0.371 e. The van der Waals surface area contributed by atoms with E-state index in [1.807, 2.05) is 35.2 Å². The zero-order valence-corrected chi connectivity index (χ0v) is 23.0. The molecule has 1 aromatic carbocycles. The highest BCUT2D eigenvalue weighted by Crippen LogP contribution is 2.25. The first-order valence-electron chi connectivity index (χ1n) is 14.0. The van der Waals surface area contributed by atoms with Gasteiger partial charge in [-0.2, -0.15) is 0 Å². The summed E-state index contributed by atoms with van der Waals surface area (Å²) in [4.78, 5) is 23.4. The SMILES string of the molecule is CC(=O)[C@H](CCN(CCCCc1ccc2c(n1)NCCC2)CCC(F)F)Nc1c(-c2ccccc2)cnc[n+]1O. The topological polar surface area (TPSA) is 94.3 Å². The molecule has 2 aromatic heterocycles. The molecule has 4 rings (SSSR count). The maximum absolute atomic E-state index is 13.1. The van der Waals surface area contributed by atoms with Gasteiger partial charge in [-0.3, -0.25) is 10.1 Å². The van der Waals surface area contributed by atoms with Gasteiger partial charge in [0, 0.05) is 38.2 Å². The van der Waals surface area contributed by atoms with Crippen LogP contribution in [0.3, 0.4) is 0 Å². The number of carbonyl (C=O) groups excluding carboxylic acids is 1. The Morgan fingerprint density at radius 3 is 2.70 bits per heavy atom. The van der Waals surface area contributed by atoms with Crippen LogP contribution in [-0.4, -0.2) is 64.5 Å². The van der Waals surface area contributed by atoms with Crippen molar-refractivity contribution in [3.8, 4) is 11.1 Å². The Hall–Kier alpha value is -3.66. The molecule has 1 atom stereocenters. The summed E-state index contributed by atoms with van der Waals surface area (Å²) in [6.07, 6.45) is 5.45.